The Balaban J connectivity index is 1.52. The van der Waals surface area contributed by atoms with Gasteiger partial charge in [-0.05, 0) is 43.3 Å². The lowest BCUT2D eigenvalue weighted by Gasteiger charge is -2.09. The van der Waals surface area contributed by atoms with Gasteiger partial charge >= 0.3 is 5.97 Å². The van der Waals surface area contributed by atoms with E-state index in [9.17, 15) is 9.59 Å². The largest absolute Gasteiger partial charge is 0.497 e. The molecule has 29 heavy (non-hydrogen) atoms. The fourth-order valence-electron chi connectivity index (χ4n) is 2.72. The molecular formula is C21H16N2O6. The third-order valence-corrected chi connectivity index (χ3v) is 4.24. The van der Waals surface area contributed by atoms with E-state index in [0.717, 1.165) is 6.07 Å². The summed E-state index contributed by atoms with van der Waals surface area (Å²) in [6.45, 7) is 1.59. The highest BCUT2D eigenvalue weighted by Crippen LogP contribution is 2.25. The number of esters is 1. The number of hydrogen-bond donors (Lipinski definition) is 0. The molecule has 0 spiro atoms. The molecule has 4 aromatic rings. The van der Waals surface area contributed by atoms with Crippen LogP contribution in [0.15, 0.2) is 68.2 Å². The minimum absolute atomic E-state index is 0.118. The number of ether oxygens (including phenoxy) is 2. The maximum absolute atomic E-state index is 12.4. The second-order valence-electron chi connectivity index (χ2n) is 6.19. The number of aromatic nitrogens is 2. The maximum Gasteiger partial charge on any atom is 0.375 e. The lowest BCUT2D eigenvalue weighted by atomic mass is 10.2. The van der Waals surface area contributed by atoms with Gasteiger partial charge in [0.15, 0.2) is 11.5 Å². The molecule has 0 radical (unpaired) electrons. The molecule has 0 saturated carbocycles. The number of rotatable bonds is 5. The summed E-state index contributed by atoms with van der Waals surface area (Å²) in [5.74, 6) is 0.0998. The van der Waals surface area contributed by atoms with Gasteiger partial charge in [0.25, 0.3) is 5.89 Å². The average molecular weight is 392 g/mol. The number of fused-ring (bicyclic) bond motifs is 1. The van der Waals surface area contributed by atoms with Crippen LogP contribution in [0, 0.1) is 0 Å². The van der Waals surface area contributed by atoms with E-state index in [4.69, 9.17) is 18.3 Å². The highest BCUT2D eigenvalue weighted by atomic mass is 16.6. The number of hydrogen-bond acceptors (Lipinski definition) is 8. The summed E-state index contributed by atoms with van der Waals surface area (Å²) in [4.78, 5) is 24.6. The van der Waals surface area contributed by atoms with Crippen LogP contribution in [0.25, 0.3) is 22.4 Å². The topological polar surface area (TPSA) is 105 Å². The molecule has 0 aliphatic heterocycles. The second kappa shape index (κ2) is 7.59. The maximum atomic E-state index is 12.4. The van der Waals surface area contributed by atoms with Gasteiger partial charge in [-0.25, -0.2) is 4.79 Å². The summed E-state index contributed by atoms with van der Waals surface area (Å²) >= 11 is 0. The van der Waals surface area contributed by atoms with Crippen molar-refractivity contribution in [2.45, 2.75) is 13.0 Å². The molecule has 0 bridgehead atoms. The fraction of sp³-hybridized carbons (Fsp3) is 0.143. The van der Waals surface area contributed by atoms with Crippen LogP contribution in [0.4, 0.5) is 0 Å². The second-order valence-corrected chi connectivity index (χ2v) is 6.19. The molecule has 2 heterocycles. The number of carbonyl (C=O) groups excluding carboxylic acids is 1. The average Bonchev–Trinajstić information content (AvgIpc) is 3.24. The predicted molar refractivity (Wildman–Crippen MR) is 103 cm³/mol. The summed E-state index contributed by atoms with van der Waals surface area (Å²) in [5.41, 5.74) is 0.675. The van der Waals surface area contributed by atoms with Crippen molar-refractivity contribution in [3.63, 3.8) is 0 Å². The quantitative estimate of drug-likeness (QED) is 0.473. The molecule has 0 N–H and O–H groups in total. The Hall–Kier alpha value is -3.94. The van der Waals surface area contributed by atoms with Crippen molar-refractivity contribution in [2.75, 3.05) is 7.11 Å². The summed E-state index contributed by atoms with van der Waals surface area (Å²) in [6.07, 6.45) is -0.834. The van der Waals surface area contributed by atoms with Crippen molar-refractivity contribution >= 4 is 16.9 Å². The van der Waals surface area contributed by atoms with Crippen molar-refractivity contribution in [3.05, 3.63) is 76.5 Å². The van der Waals surface area contributed by atoms with Gasteiger partial charge in [-0.2, -0.15) is 0 Å². The molecule has 0 aliphatic carbocycles. The van der Waals surface area contributed by atoms with Gasteiger partial charge in [0.05, 0.1) is 12.5 Å². The van der Waals surface area contributed by atoms with E-state index >= 15 is 0 Å². The zero-order valence-electron chi connectivity index (χ0n) is 15.6. The summed E-state index contributed by atoms with van der Waals surface area (Å²) < 4.78 is 21.5. The van der Waals surface area contributed by atoms with Gasteiger partial charge in [0.1, 0.15) is 11.3 Å². The zero-order valence-corrected chi connectivity index (χ0v) is 15.6. The Kier molecular flexibility index (Phi) is 4.82. The first-order valence-corrected chi connectivity index (χ1v) is 8.77. The Labute approximate surface area is 164 Å². The molecule has 0 aliphatic rings. The van der Waals surface area contributed by atoms with E-state index < -0.39 is 12.1 Å². The molecule has 2 aromatic heterocycles. The third-order valence-electron chi connectivity index (χ3n) is 4.24. The number of benzene rings is 2. The first-order valence-electron chi connectivity index (χ1n) is 8.77. The van der Waals surface area contributed by atoms with Crippen molar-refractivity contribution in [1.82, 2.24) is 10.2 Å². The standard InChI is InChI=1S/C21H16N2O6/c1-12(19-22-23-20(29-19)13-7-9-14(26-2)10-8-13)27-21(25)18-11-16(24)15-5-3-4-6-17(15)28-18/h3-12H,1-2H3/t12-/m1/s1. The number of carbonyl (C=O) groups is 1. The normalized spacial score (nSPS) is 11.9. The summed E-state index contributed by atoms with van der Waals surface area (Å²) in [5, 5.41) is 8.29. The van der Waals surface area contributed by atoms with Crippen molar-refractivity contribution in [1.29, 1.82) is 0 Å². The Morgan fingerprint density at radius 2 is 1.79 bits per heavy atom. The Morgan fingerprint density at radius 1 is 1.03 bits per heavy atom. The minimum Gasteiger partial charge on any atom is -0.497 e. The lowest BCUT2D eigenvalue weighted by Crippen LogP contribution is -2.12. The molecule has 8 heteroatoms. The molecule has 8 nitrogen and oxygen atoms in total. The van der Waals surface area contributed by atoms with Gasteiger partial charge in [-0.3, -0.25) is 4.79 Å². The third kappa shape index (κ3) is 3.73. The zero-order chi connectivity index (χ0) is 20.4. The lowest BCUT2D eigenvalue weighted by molar-refractivity contribution is 0.0245. The number of nitrogens with zero attached hydrogens (tertiary/aromatic N) is 2. The van der Waals surface area contributed by atoms with Gasteiger partial charge in [-0.15, -0.1) is 10.2 Å². The SMILES string of the molecule is COc1ccc(-c2nnc([C@@H](C)OC(=O)c3cc(=O)c4ccccc4o3)o2)cc1. The van der Waals surface area contributed by atoms with Crippen molar-refractivity contribution < 1.29 is 23.1 Å². The fourth-order valence-corrected chi connectivity index (χ4v) is 2.72. The molecular weight excluding hydrogens is 376 g/mol. The highest BCUT2D eigenvalue weighted by molar-refractivity contribution is 5.89. The van der Waals surface area contributed by atoms with E-state index in [2.05, 4.69) is 10.2 Å². The smallest absolute Gasteiger partial charge is 0.375 e. The van der Waals surface area contributed by atoms with Crippen molar-refractivity contribution in [3.8, 4) is 17.2 Å². The molecule has 4 rings (SSSR count). The van der Waals surface area contributed by atoms with Crippen LogP contribution >= 0.6 is 0 Å². The van der Waals surface area contributed by atoms with Crippen LogP contribution in [0.1, 0.15) is 29.5 Å². The van der Waals surface area contributed by atoms with E-state index in [-0.39, 0.29) is 23.0 Å². The van der Waals surface area contributed by atoms with Gasteiger partial charge in [0, 0.05) is 11.6 Å². The van der Waals surface area contributed by atoms with Crippen LogP contribution in [0.3, 0.4) is 0 Å². The van der Waals surface area contributed by atoms with Gasteiger partial charge in [0.2, 0.25) is 11.7 Å². The first-order chi connectivity index (χ1) is 14.0. The monoisotopic (exact) mass is 392 g/mol. The van der Waals surface area contributed by atoms with Gasteiger partial charge in [-0.1, -0.05) is 12.1 Å². The number of para-hydroxylation sites is 1. The van der Waals surface area contributed by atoms with Crippen LogP contribution in [0.5, 0.6) is 5.75 Å². The van der Waals surface area contributed by atoms with Crippen LogP contribution in [-0.2, 0) is 4.74 Å². The molecule has 0 saturated heterocycles. The molecule has 0 unspecified atom stereocenters. The highest BCUT2D eigenvalue weighted by Gasteiger charge is 2.22. The molecule has 0 fully saturated rings. The van der Waals surface area contributed by atoms with E-state index in [1.54, 1.807) is 62.6 Å². The van der Waals surface area contributed by atoms with E-state index in [0.29, 0.717) is 22.3 Å². The van der Waals surface area contributed by atoms with Crippen LogP contribution < -0.4 is 10.2 Å². The van der Waals surface area contributed by atoms with E-state index in [1.807, 2.05) is 0 Å². The number of methoxy groups -OCH3 is 1. The summed E-state index contributed by atoms with van der Waals surface area (Å²) in [6, 6.07) is 14.8. The van der Waals surface area contributed by atoms with Gasteiger partial charge < -0.3 is 18.3 Å². The van der Waals surface area contributed by atoms with Crippen LogP contribution in [-0.4, -0.2) is 23.3 Å². The molecule has 1 atom stereocenters. The Bertz CT molecular complexity index is 1230. The molecule has 2 aromatic carbocycles. The minimum atomic E-state index is -0.834. The first kappa shape index (κ1) is 18.4. The molecule has 146 valence electrons. The molecule has 0 amide bonds. The van der Waals surface area contributed by atoms with E-state index in [1.165, 1.54) is 0 Å². The van der Waals surface area contributed by atoms with Crippen molar-refractivity contribution in [2.24, 2.45) is 0 Å². The van der Waals surface area contributed by atoms with Crippen LogP contribution in [0.2, 0.25) is 0 Å². The summed E-state index contributed by atoms with van der Waals surface area (Å²) in [7, 11) is 1.58. The Morgan fingerprint density at radius 3 is 2.55 bits per heavy atom. The predicted octanol–water partition coefficient (Wildman–Crippen LogP) is 3.77.